The zero-order valence-corrected chi connectivity index (χ0v) is 11.6. The van der Waals surface area contributed by atoms with Gasteiger partial charge in [0.2, 0.25) is 0 Å². The van der Waals surface area contributed by atoms with Crippen molar-refractivity contribution in [1.82, 2.24) is 15.0 Å². The van der Waals surface area contributed by atoms with Crippen molar-refractivity contribution < 1.29 is 0 Å². The summed E-state index contributed by atoms with van der Waals surface area (Å²) in [5.41, 5.74) is 5.65. The molecule has 5 heteroatoms. The van der Waals surface area contributed by atoms with E-state index in [1.807, 2.05) is 25.1 Å². The zero-order chi connectivity index (χ0) is 13.9. The van der Waals surface area contributed by atoms with Gasteiger partial charge in [-0.05, 0) is 37.5 Å². The fraction of sp³-hybridized carbons (Fsp3) is 0.400. The molecule has 0 saturated heterocycles. The molecule has 0 spiro atoms. The monoisotopic (exact) mass is 269 g/mol. The number of pyridine rings is 1. The summed E-state index contributed by atoms with van der Waals surface area (Å²) in [5.74, 6) is 7.35. The zero-order valence-electron chi connectivity index (χ0n) is 11.6. The average Bonchev–Trinajstić information content (AvgIpc) is 3.01. The number of nitrogens with one attached hydrogen (secondary N) is 1. The van der Waals surface area contributed by atoms with Crippen LogP contribution in [0.1, 0.15) is 42.9 Å². The first-order valence-corrected chi connectivity index (χ1v) is 7.05. The molecule has 1 fully saturated rings. The van der Waals surface area contributed by atoms with Crippen molar-refractivity contribution in [2.24, 2.45) is 5.84 Å². The number of hydrogen-bond acceptors (Lipinski definition) is 5. The molecule has 0 atom stereocenters. The van der Waals surface area contributed by atoms with E-state index in [-0.39, 0.29) is 0 Å². The standard InChI is InChI=1S/C15H19N5/c1-10-6-7-17-13(8-10)15-18-12(9-14(19-15)20-16)11-4-2-3-5-11/h6-9,11H,2-5,16H2,1H3,(H,18,19,20). The summed E-state index contributed by atoms with van der Waals surface area (Å²) >= 11 is 0. The van der Waals surface area contributed by atoms with E-state index in [1.165, 1.54) is 25.7 Å². The molecule has 5 nitrogen and oxygen atoms in total. The van der Waals surface area contributed by atoms with E-state index in [1.54, 1.807) is 6.20 Å². The lowest BCUT2D eigenvalue weighted by atomic mass is 10.0. The van der Waals surface area contributed by atoms with Crippen molar-refractivity contribution in [2.45, 2.75) is 38.5 Å². The van der Waals surface area contributed by atoms with Crippen LogP contribution in [0.25, 0.3) is 11.5 Å². The Labute approximate surface area is 118 Å². The molecule has 2 aromatic heterocycles. The van der Waals surface area contributed by atoms with Crippen LogP contribution >= 0.6 is 0 Å². The lowest BCUT2D eigenvalue weighted by Gasteiger charge is -2.12. The van der Waals surface area contributed by atoms with Crippen LogP contribution in [0.3, 0.4) is 0 Å². The smallest absolute Gasteiger partial charge is 0.180 e. The molecular formula is C15H19N5. The molecule has 3 N–H and O–H groups in total. The van der Waals surface area contributed by atoms with Gasteiger partial charge in [-0.15, -0.1) is 0 Å². The van der Waals surface area contributed by atoms with Gasteiger partial charge in [0.25, 0.3) is 0 Å². The maximum Gasteiger partial charge on any atom is 0.180 e. The van der Waals surface area contributed by atoms with Crippen LogP contribution in [0.15, 0.2) is 24.4 Å². The summed E-state index contributed by atoms with van der Waals surface area (Å²) in [5, 5.41) is 0. The molecule has 2 heterocycles. The fourth-order valence-electron chi connectivity index (χ4n) is 2.74. The Morgan fingerprint density at radius 1 is 1.20 bits per heavy atom. The van der Waals surface area contributed by atoms with Crippen LogP contribution in [0.5, 0.6) is 0 Å². The molecule has 0 unspecified atom stereocenters. The summed E-state index contributed by atoms with van der Waals surface area (Å²) in [6, 6.07) is 5.91. The predicted octanol–water partition coefficient (Wildman–Crippen LogP) is 2.79. The van der Waals surface area contributed by atoms with Crippen molar-refractivity contribution in [3.8, 4) is 11.5 Å². The lowest BCUT2D eigenvalue weighted by molar-refractivity contribution is 0.695. The number of anilines is 1. The number of hydrazine groups is 1. The van der Waals surface area contributed by atoms with Crippen molar-refractivity contribution in [3.63, 3.8) is 0 Å². The highest BCUT2D eigenvalue weighted by atomic mass is 15.3. The number of hydrogen-bond donors (Lipinski definition) is 2. The molecule has 1 saturated carbocycles. The third-order valence-electron chi connectivity index (χ3n) is 3.81. The normalized spacial score (nSPS) is 15.5. The second-order valence-electron chi connectivity index (χ2n) is 5.35. The second-order valence-corrected chi connectivity index (χ2v) is 5.35. The van der Waals surface area contributed by atoms with Crippen LogP contribution in [-0.4, -0.2) is 15.0 Å². The van der Waals surface area contributed by atoms with Crippen LogP contribution in [0.2, 0.25) is 0 Å². The molecule has 20 heavy (non-hydrogen) atoms. The van der Waals surface area contributed by atoms with E-state index in [0.717, 1.165) is 17.0 Å². The second kappa shape index (κ2) is 5.54. The largest absolute Gasteiger partial charge is 0.308 e. The Kier molecular flexibility index (Phi) is 3.60. The topological polar surface area (TPSA) is 76.7 Å². The van der Waals surface area contributed by atoms with Crippen molar-refractivity contribution in [3.05, 3.63) is 35.7 Å². The number of nitrogens with two attached hydrogens (primary N) is 1. The Balaban J connectivity index is 2.03. The van der Waals surface area contributed by atoms with E-state index >= 15 is 0 Å². The maximum absolute atomic E-state index is 5.53. The summed E-state index contributed by atoms with van der Waals surface area (Å²) in [4.78, 5) is 13.5. The van der Waals surface area contributed by atoms with E-state index in [0.29, 0.717) is 17.6 Å². The average molecular weight is 269 g/mol. The Morgan fingerprint density at radius 2 is 2.00 bits per heavy atom. The highest BCUT2D eigenvalue weighted by molar-refractivity contribution is 5.54. The van der Waals surface area contributed by atoms with Crippen molar-refractivity contribution in [1.29, 1.82) is 0 Å². The van der Waals surface area contributed by atoms with Gasteiger partial charge in [0, 0.05) is 23.9 Å². The molecule has 0 aromatic carbocycles. The van der Waals surface area contributed by atoms with Gasteiger partial charge in [0.05, 0.1) is 0 Å². The Hall–Kier alpha value is -2.01. The minimum atomic E-state index is 0.522. The van der Waals surface area contributed by atoms with Gasteiger partial charge in [-0.3, -0.25) is 4.98 Å². The van der Waals surface area contributed by atoms with Gasteiger partial charge >= 0.3 is 0 Å². The van der Waals surface area contributed by atoms with Gasteiger partial charge < -0.3 is 5.43 Å². The molecule has 0 radical (unpaired) electrons. The Bertz CT molecular complexity index is 605. The first-order chi connectivity index (χ1) is 9.76. The van der Waals surface area contributed by atoms with Gasteiger partial charge in [-0.25, -0.2) is 15.8 Å². The fourth-order valence-corrected chi connectivity index (χ4v) is 2.74. The molecule has 0 amide bonds. The van der Waals surface area contributed by atoms with Crippen LogP contribution in [0, 0.1) is 6.92 Å². The van der Waals surface area contributed by atoms with E-state index in [9.17, 15) is 0 Å². The molecule has 2 aromatic rings. The van der Waals surface area contributed by atoms with Gasteiger partial charge in [0.1, 0.15) is 11.5 Å². The number of aromatic nitrogens is 3. The number of rotatable bonds is 3. The Morgan fingerprint density at radius 3 is 2.70 bits per heavy atom. The number of nitrogen functional groups attached to an aromatic ring is 1. The summed E-state index contributed by atoms with van der Waals surface area (Å²) < 4.78 is 0. The van der Waals surface area contributed by atoms with Gasteiger partial charge in [0.15, 0.2) is 5.82 Å². The van der Waals surface area contributed by atoms with Crippen molar-refractivity contribution in [2.75, 3.05) is 5.43 Å². The SMILES string of the molecule is Cc1ccnc(-c2nc(NN)cc(C3CCCC3)n2)c1. The van der Waals surface area contributed by atoms with Gasteiger partial charge in [-0.2, -0.15) is 0 Å². The molecule has 0 bridgehead atoms. The number of aryl methyl sites for hydroxylation is 1. The van der Waals surface area contributed by atoms with Crippen LogP contribution < -0.4 is 11.3 Å². The highest BCUT2D eigenvalue weighted by Crippen LogP contribution is 2.34. The molecule has 1 aliphatic carbocycles. The first kappa shape index (κ1) is 13.0. The minimum Gasteiger partial charge on any atom is -0.308 e. The quantitative estimate of drug-likeness (QED) is 0.662. The van der Waals surface area contributed by atoms with Crippen LogP contribution in [-0.2, 0) is 0 Å². The van der Waals surface area contributed by atoms with Gasteiger partial charge in [-0.1, -0.05) is 12.8 Å². The van der Waals surface area contributed by atoms with Crippen LogP contribution in [0.4, 0.5) is 5.82 Å². The van der Waals surface area contributed by atoms with E-state index in [4.69, 9.17) is 10.8 Å². The molecular weight excluding hydrogens is 250 g/mol. The summed E-state index contributed by atoms with van der Waals surface area (Å²) in [7, 11) is 0. The lowest BCUT2D eigenvalue weighted by Crippen LogP contribution is -2.11. The molecule has 3 rings (SSSR count). The van der Waals surface area contributed by atoms with Crippen molar-refractivity contribution >= 4 is 5.82 Å². The first-order valence-electron chi connectivity index (χ1n) is 7.05. The highest BCUT2D eigenvalue weighted by Gasteiger charge is 2.20. The minimum absolute atomic E-state index is 0.522. The van der Waals surface area contributed by atoms with E-state index < -0.39 is 0 Å². The molecule has 0 aliphatic heterocycles. The summed E-state index contributed by atoms with van der Waals surface area (Å²) in [6.07, 6.45) is 6.73. The third-order valence-corrected chi connectivity index (χ3v) is 3.81. The predicted molar refractivity (Wildman–Crippen MR) is 79.0 cm³/mol. The van der Waals surface area contributed by atoms with E-state index in [2.05, 4.69) is 15.4 Å². The summed E-state index contributed by atoms with van der Waals surface area (Å²) in [6.45, 7) is 2.04. The molecule has 104 valence electrons. The number of nitrogens with zero attached hydrogens (tertiary/aromatic N) is 3. The molecule has 1 aliphatic rings. The third kappa shape index (κ3) is 2.63. The maximum atomic E-state index is 5.53.